The molecule has 160 valence electrons. The molecule has 0 saturated heterocycles. The van der Waals surface area contributed by atoms with Crippen LogP contribution < -0.4 is 0 Å². The number of hydrogen-bond donors (Lipinski definition) is 0. The van der Waals surface area contributed by atoms with Crippen molar-refractivity contribution in [3.8, 4) is 0 Å². The standard InChI is InChI=1S/C21H35NO4S2/c1-9-19(23)26-15-27-22(8)28(24,25)17-12-10-16(11-13-17)18(21(5,6)7)14-20(2,3)4/h10-13,18H,9,14-15H2,1-8H3. The molecule has 0 spiro atoms. The molecule has 0 aliphatic rings. The van der Waals surface area contributed by atoms with Gasteiger partial charge >= 0.3 is 5.97 Å². The molecule has 0 aliphatic heterocycles. The molecule has 0 bridgehead atoms. The first-order valence-electron chi connectivity index (χ1n) is 9.56. The van der Waals surface area contributed by atoms with Gasteiger partial charge < -0.3 is 4.74 Å². The Labute approximate surface area is 175 Å². The third-order valence-electron chi connectivity index (χ3n) is 4.52. The van der Waals surface area contributed by atoms with Gasteiger partial charge in [0.05, 0.1) is 4.90 Å². The average molecular weight is 430 g/mol. The molecule has 0 aromatic heterocycles. The maximum atomic E-state index is 12.7. The van der Waals surface area contributed by atoms with Crippen LogP contribution in [0.5, 0.6) is 0 Å². The van der Waals surface area contributed by atoms with Crippen LogP contribution in [0.2, 0.25) is 0 Å². The molecule has 1 atom stereocenters. The number of ether oxygens (including phenoxy) is 1. The number of carbonyl (C=O) groups excluding carboxylic acids is 1. The van der Waals surface area contributed by atoms with Crippen LogP contribution in [-0.2, 0) is 19.6 Å². The van der Waals surface area contributed by atoms with E-state index in [-0.39, 0.29) is 34.1 Å². The molecule has 0 heterocycles. The Morgan fingerprint density at radius 2 is 1.64 bits per heavy atom. The summed E-state index contributed by atoms with van der Waals surface area (Å²) in [6, 6.07) is 7.18. The second-order valence-corrected chi connectivity index (χ2v) is 12.5. The topological polar surface area (TPSA) is 63.7 Å². The van der Waals surface area contributed by atoms with E-state index in [1.165, 1.54) is 7.05 Å². The van der Waals surface area contributed by atoms with Crippen molar-refractivity contribution in [1.82, 2.24) is 3.71 Å². The minimum absolute atomic E-state index is 0.0296. The molecular weight excluding hydrogens is 394 g/mol. The van der Waals surface area contributed by atoms with Gasteiger partial charge in [-0.1, -0.05) is 60.6 Å². The Morgan fingerprint density at radius 3 is 2.07 bits per heavy atom. The highest BCUT2D eigenvalue weighted by Crippen LogP contribution is 2.43. The highest BCUT2D eigenvalue weighted by molar-refractivity contribution is 8.08. The zero-order valence-corrected chi connectivity index (χ0v) is 20.0. The summed E-state index contributed by atoms with van der Waals surface area (Å²) in [6.45, 7) is 15.0. The van der Waals surface area contributed by atoms with E-state index in [0.29, 0.717) is 5.92 Å². The number of esters is 1. The fourth-order valence-corrected chi connectivity index (χ4v) is 4.95. The van der Waals surface area contributed by atoms with E-state index in [9.17, 15) is 13.2 Å². The normalized spacial score (nSPS) is 14.2. The van der Waals surface area contributed by atoms with Crippen LogP contribution in [0.3, 0.4) is 0 Å². The first kappa shape index (κ1) is 25.0. The molecule has 0 N–H and O–H groups in total. The molecule has 7 heteroatoms. The lowest BCUT2D eigenvalue weighted by atomic mass is 9.69. The van der Waals surface area contributed by atoms with Gasteiger partial charge in [0.15, 0.2) is 5.94 Å². The van der Waals surface area contributed by atoms with E-state index in [0.717, 1.165) is 27.6 Å². The quantitative estimate of drug-likeness (QED) is 0.313. The zero-order chi connectivity index (χ0) is 21.8. The first-order chi connectivity index (χ1) is 12.7. The van der Waals surface area contributed by atoms with Gasteiger partial charge in [-0.15, -0.1) is 3.71 Å². The second-order valence-electron chi connectivity index (χ2n) is 9.28. The third kappa shape index (κ3) is 7.41. The molecule has 1 rings (SSSR count). The fraction of sp³-hybridized carbons (Fsp3) is 0.667. The summed E-state index contributed by atoms with van der Waals surface area (Å²) >= 11 is 0.947. The van der Waals surface area contributed by atoms with Crippen molar-refractivity contribution in [2.45, 2.75) is 72.1 Å². The number of hydrogen-bond acceptors (Lipinski definition) is 5. The Hall–Kier alpha value is -1.05. The van der Waals surface area contributed by atoms with Crippen molar-refractivity contribution in [1.29, 1.82) is 0 Å². The molecule has 1 unspecified atom stereocenters. The largest absolute Gasteiger partial charge is 0.453 e. The molecule has 0 radical (unpaired) electrons. The van der Waals surface area contributed by atoms with Crippen LogP contribution in [0.25, 0.3) is 0 Å². The minimum atomic E-state index is -3.65. The molecule has 0 amide bonds. The van der Waals surface area contributed by atoms with Gasteiger partial charge in [0.1, 0.15) is 0 Å². The summed E-state index contributed by atoms with van der Waals surface area (Å²) in [7, 11) is -2.19. The van der Waals surface area contributed by atoms with Gasteiger partial charge in [-0.2, -0.15) is 0 Å². The Bertz CT molecular complexity index is 744. The summed E-state index contributed by atoms with van der Waals surface area (Å²) in [5.41, 5.74) is 1.40. The lowest BCUT2D eigenvalue weighted by Gasteiger charge is -2.36. The van der Waals surface area contributed by atoms with E-state index in [2.05, 4.69) is 41.5 Å². The highest BCUT2D eigenvalue weighted by atomic mass is 32.3. The molecule has 1 aromatic rings. The van der Waals surface area contributed by atoms with Crippen LogP contribution in [0.1, 0.15) is 72.8 Å². The highest BCUT2D eigenvalue weighted by Gasteiger charge is 2.31. The second kappa shape index (κ2) is 9.63. The predicted molar refractivity (Wildman–Crippen MR) is 116 cm³/mol. The zero-order valence-electron chi connectivity index (χ0n) is 18.4. The fourth-order valence-electron chi connectivity index (χ4n) is 2.89. The van der Waals surface area contributed by atoms with Crippen LogP contribution in [0.15, 0.2) is 29.2 Å². The van der Waals surface area contributed by atoms with Crippen molar-refractivity contribution in [3.63, 3.8) is 0 Å². The minimum Gasteiger partial charge on any atom is -0.453 e. The van der Waals surface area contributed by atoms with Gasteiger partial charge in [-0.3, -0.25) is 4.79 Å². The average Bonchev–Trinajstić information content (AvgIpc) is 2.57. The molecule has 5 nitrogen and oxygen atoms in total. The van der Waals surface area contributed by atoms with Gasteiger partial charge in [0.2, 0.25) is 0 Å². The number of rotatable bonds is 8. The van der Waals surface area contributed by atoms with Gasteiger partial charge in [0, 0.05) is 13.5 Å². The van der Waals surface area contributed by atoms with Crippen molar-refractivity contribution in [3.05, 3.63) is 29.8 Å². The van der Waals surface area contributed by atoms with Crippen molar-refractivity contribution in [2.75, 3.05) is 13.0 Å². The molecule has 0 saturated carbocycles. The van der Waals surface area contributed by atoms with E-state index in [4.69, 9.17) is 4.74 Å². The lowest BCUT2D eigenvalue weighted by Crippen LogP contribution is -2.24. The van der Waals surface area contributed by atoms with Crippen LogP contribution in [0, 0.1) is 10.8 Å². The molecule has 0 fully saturated rings. The molecule has 0 aliphatic carbocycles. The van der Waals surface area contributed by atoms with E-state index in [1.54, 1.807) is 19.1 Å². The van der Waals surface area contributed by atoms with E-state index >= 15 is 0 Å². The Morgan fingerprint density at radius 1 is 1.11 bits per heavy atom. The monoisotopic (exact) mass is 429 g/mol. The van der Waals surface area contributed by atoms with Crippen LogP contribution in [0.4, 0.5) is 0 Å². The lowest BCUT2D eigenvalue weighted by molar-refractivity contribution is -0.141. The van der Waals surface area contributed by atoms with Crippen molar-refractivity contribution < 1.29 is 17.9 Å². The summed E-state index contributed by atoms with van der Waals surface area (Å²) in [5, 5.41) is 0. The van der Waals surface area contributed by atoms with Crippen LogP contribution in [-0.4, -0.2) is 31.1 Å². The van der Waals surface area contributed by atoms with Crippen molar-refractivity contribution >= 4 is 27.9 Å². The number of nitrogens with zero attached hydrogens (tertiary/aromatic N) is 1. The Balaban J connectivity index is 2.98. The Kier molecular flexibility index (Phi) is 8.60. The van der Waals surface area contributed by atoms with E-state index < -0.39 is 10.0 Å². The third-order valence-corrected chi connectivity index (χ3v) is 7.56. The molecular formula is C21H35NO4S2. The van der Waals surface area contributed by atoms with Gasteiger partial charge in [-0.25, -0.2) is 8.42 Å². The van der Waals surface area contributed by atoms with Gasteiger partial charge in [0.25, 0.3) is 10.0 Å². The SMILES string of the molecule is CCC(=O)OCSN(C)S(=O)(=O)c1ccc(C(CC(C)(C)C)C(C)(C)C)cc1. The van der Waals surface area contributed by atoms with Gasteiger partial charge in [-0.05, 0) is 52.8 Å². The summed E-state index contributed by atoms with van der Waals surface area (Å²) in [6.07, 6.45) is 1.28. The number of sulfonamides is 1. The number of benzene rings is 1. The van der Waals surface area contributed by atoms with E-state index in [1.807, 2.05) is 12.1 Å². The maximum absolute atomic E-state index is 12.7. The summed E-state index contributed by atoms with van der Waals surface area (Å²) < 4.78 is 31.6. The summed E-state index contributed by atoms with van der Waals surface area (Å²) in [4.78, 5) is 11.4. The number of carbonyl (C=O) groups is 1. The van der Waals surface area contributed by atoms with Crippen LogP contribution >= 0.6 is 11.9 Å². The maximum Gasteiger partial charge on any atom is 0.306 e. The summed E-state index contributed by atoms with van der Waals surface area (Å²) in [5.74, 6) is -0.0578. The smallest absolute Gasteiger partial charge is 0.306 e. The predicted octanol–water partition coefficient (Wildman–Crippen LogP) is 5.43. The molecule has 28 heavy (non-hydrogen) atoms. The van der Waals surface area contributed by atoms with Crippen molar-refractivity contribution in [2.24, 2.45) is 10.8 Å². The molecule has 1 aromatic carbocycles. The first-order valence-corrected chi connectivity index (χ1v) is 11.9.